The maximum atomic E-state index is 11.9. The predicted octanol–water partition coefficient (Wildman–Crippen LogP) is 1.71. The first-order valence-electron chi connectivity index (χ1n) is 6.55. The molecule has 4 nitrogen and oxygen atoms in total. The molecule has 4 heteroatoms. The molecule has 0 aliphatic carbocycles. The number of ether oxygens (including phenoxy) is 1. The number of methoxy groups -OCH3 is 1. The van der Waals surface area contributed by atoms with Crippen LogP contribution in [-0.4, -0.2) is 43.2 Å². The van der Waals surface area contributed by atoms with Gasteiger partial charge < -0.3 is 14.7 Å². The third-order valence-corrected chi connectivity index (χ3v) is 3.15. The van der Waals surface area contributed by atoms with Crippen molar-refractivity contribution in [2.45, 2.75) is 19.8 Å². The van der Waals surface area contributed by atoms with Gasteiger partial charge in [0.1, 0.15) is 5.75 Å². The Morgan fingerprint density at radius 3 is 2.74 bits per heavy atom. The van der Waals surface area contributed by atoms with Crippen molar-refractivity contribution in [2.24, 2.45) is 5.92 Å². The average Bonchev–Trinajstić information content (AvgIpc) is 2.39. The maximum absolute atomic E-state index is 11.9. The van der Waals surface area contributed by atoms with Gasteiger partial charge in [0.2, 0.25) is 5.91 Å². The van der Waals surface area contributed by atoms with Crippen LogP contribution in [0.4, 0.5) is 0 Å². The van der Waals surface area contributed by atoms with E-state index in [2.05, 4.69) is 6.92 Å². The van der Waals surface area contributed by atoms with E-state index in [1.54, 1.807) is 19.1 Å². The molecular weight excluding hydrogens is 242 g/mol. The zero-order chi connectivity index (χ0) is 14.3. The summed E-state index contributed by atoms with van der Waals surface area (Å²) in [4.78, 5) is 13.4. The highest BCUT2D eigenvalue weighted by atomic mass is 16.5. The van der Waals surface area contributed by atoms with E-state index in [-0.39, 0.29) is 18.4 Å². The van der Waals surface area contributed by atoms with Crippen molar-refractivity contribution in [3.63, 3.8) is 0 Å². The van der Waals surface area contributed by atoms with Crippen molar-refractivity contribution in [3.8, 4) is 5.75 Å². The van der Waals surface area contributed by atoms with E-state index >= 15 is 0 Å². The van der Waals surface area contributed by atoms with E-state index < -0.39 is 0 Å². The second-order valence-corrected chi connectivity index (χ2v) is 4.86. The number of amides is 1. The molecule has 106 valence electrons. The van der Waals surface area contributed by atoms with Crippen LogP contribution in [0.15, 0.2) is 24.3 Å². The van der Waals surface area contributed by atoms with Crippen molar-refractivity contribution in [3.05, 3.63) is 29.8 Å². The number of rotatable bonds is 7. The van der Waals surface area contributed by atoms with Gasteiger partial charge in [-0.15, -0.1) is 0 Å². The quantitative estimate of drug-likeness (QED) is 0.816. The summed E-state index contributed by atoms with van der Waals surface area (Å²) >= 11 is 0. The number of benzene rings is 1. The number of carbonyl (C=O) groups is 1. The van der Waals surface area contributed by atoms with Crippen LogP contribution in [0, 0.1) is 5.92 Å². The largest absolute Gasteiger partial charge is 0.496 e. The van der Waals surface area contributed by atoms with E-state index in [9.17, 15) is 4.79 Å². The standard InChI is InChI=1S/C15H23NO3/c1-12(11-15(18)16(2)8-9-17)10-13-6-4-5-7-14(13)19-3/h4-7,12,17H,8-11H2,1-3H3. The lowest BCUT2D eigenvalue weighted by Gasteiger charge is -2.19. The number of nitrogens with zero attached hydrogens (tertiary/aromatic N) is 1. The first kappa shape index (κ1) is 15.5. The highest BCUT2D eigenvalue weighted by Crippen LogP contribution is 2.22. The number of hydrogen-bond donors (Lipinski definition) is 1. The van der Waals surface area contributed by atoms with Gasteiger partial charge in [0.05, 0.1) is 13.7 Å². The minimum absolute atomic E-state index is 0.00310. The Kier molecular flexibility index (Phi) is 6.36. The SMILES string of the molecule is COc1ccccc1CC(C)CC(=O)N(C)CCO. The van der Waals surface area contributed by atoms with Crippen molar-refractivity contribution >= 4 is 5.91 Å². The van der Waals surface area contributed by atoms with Crippen LogP contribution in [0.3, 0.4) is 0 Å². The summed E-state index contributed by atoms with van der Waals surface area (Å²) in [6.07, 6.45) is 1.29. The lowest BCUT2D eigenvalue weighted by Crippen LogP contribution is -2.30. The van der Waals surface area contributed by atoms with Gasteiger partial charge in [0.15, 0.2) is 0 Å². The summed E-state index contributed by atoms with van der Waals surface area (Å²) in [6.45, 7) is 2.44. The van der Waals surface area contributed by atoms with Crippen molar-refractivity contribution < 1.29 is 14.6 Å². The average molecular weight is 265 g/mol. The zero-order valence-electron chi connectivity index (χ0n) is 11.9. The van der Waals surface area contributed by atoms with E-state index in [0.717, 1.165) is 17.7 Å². The Morgan fingerprint density at radius 1 is 1.42 bits per heavy atom. The molecule has 0 spiro atoms. The number of likely N-dealkylation sites (N-methyl/N-ethyl adjacent to an activating group) is 1. The maximum Gasteiger partial charge on any atom is 0.222 e. The van der Waals surface area contributed by atoms with Gasteiger partial charge in [-0.05, 0) is 24.0 Å². The summed E-state index contributed by atoms with van der Waals surface area (Å²) in [5.74, 6) is 1.17. The fourth-order valence-electron chi connectivity index (χ4n) is 2.05. The molecule has 0 saturated carbocycles. The van der Waals surface area contributed by atoms with Crippen LogP contribution >= 0.6 is 0 Å². The van der Waals surface area contributed by atoms with E-state index in [0.29, 0.717) is 13.0 Å². The smallest absolute Gasteiger partial charge is 0.222 e. The van der Waals surface area contributed by atoms with Crippen LogP contribution in [-0.2, 0) is 11.2 Å². The second kappa shape index (κ2) is 7.79. The molecule has 1 N–H and O–H groups in total. The number of hydrogen-bond acceptors (Lipinski definition) is 3. The lowest BCUT2D eigenvalue weighted by atomic mass is 9.97. The molecule has 19 heavy (non-hydrogen) atoms. The Bertz CT molecular complexity index is 406. The first-order chi connectivity index (χ1) is 9.08. The first-order valence-corrected chi connectivity index (χ1v) is 6.55. The van der Waals surface area contributed by atoms with Gasteiger partial charge in [0, 0.05) is 20.0 Å². The van der Waals surface area contributed by atoms with Crippen LogP contribution < -0.4 is 4.74 Å². The van der Waals surface area contributed by atoms with Crippen LogP contribution in [0.5, 0.6) is 5.75 Å². The van der Waals surface area contributed by atoms with E-state index in [1.807, 2.05) is 24.3 Å². The van der Waals surface area contributed by atoms with Crippen LogP contribution in [0.2, 0.25) is 0 Å². The third kappa shape index (κ3) is 4.91. The summed E-state index contributed by atoms with van der Waals surface area (Å²) in [6, 6.07) is 7.87. The van der Waals surface area contributed by atoms with Crippen LogP contribution in [0.25, 0.3) is 0 Å². The molecule has 0 saturated heterocycles. The van der Waals surface area contributed by atoms with Gasteiger partial charge in [-0.1, -0.05) is 25.1 Å². The molecule has 1 aromatic rings. The molecule has 0 aliphatic heterocycles. The molecule has 0 aliphatic rings. The third-order valence-electron chi connectivity index (χ3n) is 3.15. The van der Waals surface area contributed by atoms with Crippen LogP contribution in [0.1, 0.15) is 18.9 Å². The van der Waals surface area contributed by atoms with Gasteiger partial charge in [-0.3, -0.25) is 4.79 Å². The summed E-state index contributed by atoms with van der Waals surface area (Å²) in [7, 11) is 3.37. The molecule has 1 unspecified atom stereocenters. The Hall–Kier alpha value is -1.55. The Labute approximate surface area is 115 Å². The second-order valence-electron chi connectivity index (χ2n) is 4.86. The highest BCUT2D eigenvalue weighted by molar-refractivity contribution is 5.76. The lowest BCUT2D eigenvalue weighted by molar-refractivity contribution is -0.131. The van der Waals surface area contributed by atoms with E-state index in [4.69, 9.17) is 9.84 Å². The molecule has 0 radical (unpaired) electrons. The molecule has 0 bridgehead atoms. The van der Waals surface area contributed by atoms with Crippen molar-refractivity contribution in [1.82, 2.24) is 4.90 Å². The van der Waals surface area contributed by atoms with Gasteiger partial charge in [0.25, 0.3) is 0 Å². The fourth-order valence-corrected chi connectivity index (χ4v) is 2.05. The predicted molar refractivity (Wildman–Crippen MR) is 75.2 cm³/mol. The zero-order valence-corrected chi connectivity index (χ0v) is 11.9. The molecule has 0 aromatic heterocycles. The molecule has 1 aromatic carbocycles. The summed E-state index contributed by atoms with van der Waals surface area (Å²) in [5, 5.41) is 8.81. The Balaban J connectivity index is 2.55. The number of aliphatic hydroxyl groups excluding tert-OH is 1. The summed E-state index contributed by atoms with van der Waals surface area (Å²) in [5.41, 5.74) is 1.12. The minimum Gasteiger partial charge on any atom is -0.496 e. The summed E-state index contributed by atoms with van der Waals surface area (Å²) < 4.78 is 5.31. The van der Waals surface area contributed by atoms with Crippen molar-refractivity contribution in [1.29, 1.82) is 0 Å². The molecule has 1 atom stereocenters. The van der Waals surface area contributed by atoms with Gasteiger partial charge >= 0.3 is 0 Å². The molecule has 0 fully saturated rings. The van der Waals surface area contributed by atoms with Crippen molar-refractivity contribution in [2.75, 3.05) is 27.3 Å². The Morgan fingerprint density at radius 2 is 2.11 bits per heavy atom. The number of para-hydroxylation sites is 1. The van der Waals surface area contributed by atoms with E-state index in [1.165, 1.54) is 0 Å². The number of carbonyl (C=O) groups excluding carboxylic acids is 1. The topological polar surface area (TPSA) is 49.8 Å². The molecule has 1 rings (SSSR count). The van der Waals surface area contributed by atoms with Gasteiger partial charge in [-0.2, -0.15) is 0 Å². The molecular formula is C15H23NO3. The monoisotopic (exact) mass is 265 g/mol. The fraction of sp³-hybridized carbons (Fsp3) is 0.533. The molecule has 0 heterocycles. The van der Waals surface area contributed by atoms with Gasteiger partial charge in [-0.25, -0.2) is 0 Å². The minimum atomic E-state index is 0.00310. The molecule has 1 amide bonds. The highest BCUT2D eigenvalue weighted by Gasteiger charge is 2.15. The number of aliphatic hydroxyl groups is 1. The normalized spacial score (nSPS) is 12.0.